The molecule has 0 fully saturated rings. The zero-order valence-corrected chi connectivity index (χ0v) is 27.3. The van der Waals surface area contributed by atoms with E-state index in [1.807, 2.05) is 13.8 Å². The quantitative estimate of drug-likeness (QED) is 0.224. The van der Waals surface area contributed by atoms with Crippen LogP contribution in [0.1, 0.15) is 155 Å². The number of alkyl halides is 6. The van der Waals surface area contributed by atoms with Gasteiger partial charge in [0, 0.05) is 25.2 Å². The van der Waals surface area contributed by atoms with Gasteiger partial charge in [-0.2, -0.15) is 0 Å². The zero-order valence-electron chi connectivity index (χ0n) is 27.3. The van der Waals surface area contributed by atoms with E-state index in [4.69, 9.17) is 0 Å². The Morgan fingerprint density at radius 1 is 0.541 bits per heavy atom. The third-order valence-corrected chi connectivity index (χ3v) is 5.19. The fourth-order valence-corrected chi connectivity index (χ4v) is 2.28. The van der Waals surface area contributed by atoms with Crippen molar-refractivity contribution in [1.29, 1.82) is 0 Å². The molecule has 0 nitrogen and oxygen atoms in total. The minimum atomic E-state index is -2.48. The molecule has 0 aliphatic carbocycles. The Labute approximate surface area is 229 Å². The number of unbranched alkanes of at least 4 members (excludes halogenated alkanes) is 1. The third kappa shape index (κ3) is 61.3. The molecule has 0 aromatic carbocycles. The van der Waals surface area contributed by atoms with Gasteiger partial charge in [-0.25, -0.2) is 26.3 Å². The van der Waals surface area contributed by atoms with Crippen molar-refractivity contribution in [2.75, 3.05) is 0 Å². The molecule has 0 radical (unpaired) electrons. The molecule has 0 aliphatic heterocycles. The maximum atomic E-state index is 12.3. The van der Waals surface area contributed by atoms with Crippen LogP contribution in [0.4, 0.5) is 26.3 Å². The Bertz CT molecular complexity index is 430. The van der Waals surface area contributed by atoms with Crippen molar-refractivity contribution in [1.82, 2.24) is 0 Å². The smallest absolute Gasteiger partial charge is 0.207 e. The summed E-state index contributed by atoms with van der Waals surface area (Å²) in [4.78, 5) is 0. The van der Waals surface area contributed by atoms with Gasteiger partial charge in [0.1, 0.15) is 0 Å². The first-order chi connectivity index (χ1) is 16.4. The molecule has 6 heteroatoms. The van der Waals surface area contributed by atoms with Crippen LogP contribution in [-0.2, 0) is 0 Å². The van der Waals surface area contributed by atoms with Crippen LogP contribution >= 0.6 is 0 Å². The molecule has 0 heterocycles. The lowest BCUT2D eigenvalue weighted by Gasteiger charge is -2.17. The standard InChI is InChI=1S/C7H14F2.C7H16.2C6H12F2.C5H12/c1-6(2)4-5-7(3,8)9;1-4-5-6-7(2)3;1-5(2)4-6(3,7)8;1-4-6(7,8)5(2)3;1-4-5(2)3/h6H,4-5H2,1-3H3;7H,4-6H2,1-3H3;2*5H,4H2,1-3H3;5H,4H2,1-3H3. The van der Waals surface area contributed by atoms with E-state index in [9.17, 15) is 26.3 Å². The van der Waals surface area contributed by atoms with E-state index in [2.05, 4.69) is 41.5 Å². The average molecular weight is 553 g/mol. The average Bonchev–Trinajstić information content (AvgIpc) is 2.70. The molecule has 0 aromatic rings. The fraction of sp³-hybridized carbons (Fsp3) is 1.00. The van der Waals surface area contributed by atoms with Crippen molar-refractivity contribution in [3.63, 3.8) is 0 Å². The molecule has 37 heavy (non-hydrogen) atoms. The van der Waals surface area contributed by atoms with E-state index < -0.39 is 23.7 Å². The molecule has 0 aromatic heterocycles. The van der Waals surface area contributed by atoms with Gasteiger partial charge in [-0.1, -0.05) is 116 Å². The highest BCUT2D eigenvalue weighted by molar-refractivity contribution is 4.66. The summed E-state index contributed by atoms with van der Waals surface area (Å²) in [6.07, 6.45) is 6.03. The maximum absolute atomic E-state index is 12.3. The fourth-order valence-electron chi connectivity index (χ4n) is 2.28. The second kappa shape index (κ2) is 25.8. The normalized spacial score (nSPS) is 11.8. The van der Waals surface area contributed by atoms with Crippen molar-refractivity contribution < 1.29 is 26.3 Å². The van der Waals surface area contributed by atoms with Gasteiger partial charge in [0.25, 0.3) is 0 Å². The number of rotatable bonds is 11. The first-order valence-corrected chi connectivity index (χ1v) is 14.5. The predicted molar refractivity (Wildman–Crippen MR) is 154 cm³/mol. The van der Waals surface area contributed by atoms with Gasteiger partial charge in [0.15, 0.2) is 0 Å². The van der Waals surface area contributed by atoms with Crippen LogP contribution in [-0.4, -0.2) is 17.8 Å². The zero-order chi connectivity index (χ0) is 31.0. The van der Waals surface area contributed by atoms with Crippen LogP contribution < -0.4 is 0 Å². The molecule has 0 aliphatic rings. The second-order valence-electron chi connectivity index (χ2n) is 12.3. The summed E-state index contributed by atoms with van der Waals surface area (Å²) in [5.74, 6) is -5.66. The molecule has 232 valence electrons. The Balaban J connectivity index is -0.000000117. The van der Waals surface area contributed by atoms with E-state index in [-0.39, 0.29) is 25.2 Å². The van der Waals surface area contributed by atoms with Crippen molar-refractivity contribution in [2.45, 2.75) is 173 Å². The first-order valence-electron chi connectivity index (χ1n) is 14.5. The number of hydrogen-bond acceptors (Lipinski definition) is 0. The maximum Gasteiger partial charge on any atom is 0.250 e. The van der Waals surface area contributed by atoms with Crippen LogP contribution in [0.25, 0.3) is 0 Å². The molecule has 0 saturated carbocycles. The van der Waals surface area contributed by atoms with E-state index in [1.165, 1.54) is 46.5 Å². The van der Waals surface area contributed by atoms with Crippen molar-refractivity contribution in [3.05, 3.63) is 0 Å². The lowest BCUT2D eigenvalue weighted by molar-refractivity contribution is -0.0478. The largest absolute Gasteiger partial charge is 0.250 e. The lowest BCUT2D eigenvalue weighted by Crippen LogP contribution is -2.21. The van der Waals surface area contributed by atoms with Crippen molar-refractivity contribution in [3.8, 4) is 0 Å². The van der Waals surface area contributed by atoms with Gasteiger partial charge in [0.2, 0.25) is 17.8 Å². The molecule has 0 spiro atoms. The Morgan fingerprint density at radius 2 is 0.919 bits per heavy atom. The van der Waals surface area contributed by atoms with E-state index in [0.717, 1.165) is 25.7 Å². The van der Waals surface area contributed by atoms with Gasteiger partial charge < -0.3 is 0 Å². The summed E-state index contributed by atoms with van der Waals surface area (Å²) in [5, 5.41) is 0. The summed E-state index contributed by atoms with van der Waals surface area (Å²) >= 11 is 0. The summed E-state index contributed by atoms with van der Waals surface area (Å²) in [5.41, 5.74) is 0. The summed E-state index contributed by atoms with van der Waals surface area (Å²) in [7, 11) is 0. The SMILES string of the molecule is CC(C)CC(C)(F)F.CC(C)CCC(C)(F)F.CCC(C)C.CCC(F)(F)C(C)C.CCCCC(C)C. The van der Waals surface area contributed by atoms with Gasteiger partial charge >= 0.3 is 0 Å². The molecular weight excluding hydrogens is 486 g/mol. The summed E-state index contributed by atoms with van der Waals surface area (Å²) < 4.78 is 72.7. The highest BCUT2D eigenvalue weighted by atomic mass is 19.3. The topological polar surface area (TPSA) is 0 Å². The Morgan fingerprint density at radius 3 is 0.973 bits per heavy atom. The highest BCUT2D eigenvalue weighted by Gasteiger charge is 2.30. The van der Waals surface area contributed by atoms with E-state index in [1.54, 1.807) is 13.8 Å². The van der Waals surface area contributed by atoms with Crippen LogP contribution in [0, 0.1) is 29.6 Å². The minimum Gasteiger partial charge on any atom is -0.207 e. The number of hydrogen-bond donors (Lipinski definition) is 0. The van der Waals surface area contributed by atoms with Crippen LogP contribution in [0.2, 0.25) is 0 Å². The Kier molecular flexibility index (Phi) is 32.4. The van der Waals surface area contributed by atoms with Crippen LogP contribution in [0.5, 0.6) is 0 Å². The van der Waals surface area contributed by atoms with Crippen LogP contribution in [0.3, 0.4) is 0 Å². The second-order valence-corrected chi connectivity index (χ2v) is 12.3. The highest BCUT2D eigenvalue weighted by Crippen LogP contribution is 2.26. The molecule has 0 unspecified atom stereocenters. The predicted octanol–water partition coefficient (Wildman–Crippen LogP) is 13.3. The first kappa shape index (κ1) is 46.4. The molecule has 0 saturated heterocycles. The molecule has 0 amide bonds. The minimum absolute atomic E-state index is 0.00694. The van der Waals surface area contributed by atoms with Crippen LogP contribution in [0.15, 0.2) is 0 Å². The van der Waals surface area contributed by atoms with Crippen molar-refractivity contribution >= 4 is 0 Å². The van der Waals surface area contributed by atoms with E-state index >= 15 is 0 Å². The lowest BCUT2D eigenvalue weighted by atomic mass is 10.0. The summed E-state index contributed by atoms with van der Waals surface area (Å²) in [6, 6.07) is 0. The van der Waals surface area contributed by atoms with Gasteiger partial charge in [-0.15, -0.1) is 0 Å². The monoisotopic (exact) mass is 553 g/mol. The molecular formula is C31H66F6. The van der Waals surface area contributed by atoms with Crippen molar-refractivity contribution in [2.24, 2.45) is 29.6 Å². The molecule has 0 rings (SSSR count). The Hall–Kier alpha value is -0.420. The summed E-state index contributed by atoms with van der Waals surface area (Å²) in [6.45, 7) is 27.4. The molecule has 0 bridgehead atoms. The van der Waals surface area contributed by atoms with Gasteiger partial charge in [0.05, 0.1) is 0 Å². The number of halogens is 6. The van der Waals surface area contributed by atoms with E-state index in [0.29, 0.717) is 12.3 Å². The third-order valence-electron chi connectivity index (χ3n) is 5.19. The van der Waals surface area contributed by atoms with Gasteiger partial charge in [-0.3, -0.25) is 0 Å². The molecule has 0 atom stereocenters. The molecule has 0 N–H and O–H groups in total. The van der Waals surface area contributed by atoms with Gasteiger partial charge in [-0.05, 0) is 43.9 Å².